The van der Waals surface area contributed by atoms with Crippen LogP contribution in [0.3, 0.4) is 0 Å². The molecule has 2 rings (SSSR count). The molecule has 1 nitrogen and oxygen atoms in total. The predicted octanol–water partition coefficient (Wildman–Crippen LogP) is 2.69. The molecule has 0 spiro atoms. The van der Waals surface area contributed by atoms with Crippen LogP contribution in [-0.4, -0.2) is 11.2 Å². The molecule has 0 amide bonds. The molecule has 2 fully saturated rings. The van der Waals surface area contributed by atoms with Crippen molar-refractivity contribution in [2.45, 2.75) is 46.1 Å². The first-order valence-electron chi connectivity index (χ1n) is 5.83. The van der Waals surface area contributed by atoms with E-state index in [1.807, 2.05) is 6.92 Å². The fourth-order valence-electron chi connectivity index (χ4n) is 3.33. The molecule has 0 aromatic heterocycles. The third-order valence-corrected chi connectivity index (χ3v) is 4.57. The summed E-state index contributed by atoms with van der Waals surface area (Å²) in [6.07, 6.45) is 4.05. The maximum atomic E-state index is 9.49. The van der Waals surface area contributed by atoms with Crippen molar-refractivity contribution in [2.24, 2.45) is 29.6 Å². The fraction of sp³-hybridized carbons (Fsp3) is 1.00. The molecule has 0 radical (unpaired) electrons. The Balaban J connectivity index is 1.81. The summed E-state index contributed by atoms with van der Waals surface area (Å²) in [6.45, 7) is 6.58. The minimum Gasteiger partial charge on any atom is -0.393 e. The topological polar surface area (TPSA) is 20.2 Å². The van der Waals surface area contributed by atoms with Crippen molar-refractivity contribution < 1.29 is 5.11 Å². The van der Waals surface area contributed by atoms with E-state index in [0.29, 0.717) is 5.92 Å². The molecule has 2 saturated carbocycles. The van der Waals surface area contributed by atoms with Crippen LogP contribution in [0.2, 0.25) is 0 Å². The van der Waals surface area contributed by atoms with Gasteiger partial charge in [-0.05, 0) is 49.4 Å². The summed E-state index contributed by atoms with van der Waals surface area (Å²) in [5.74, 6) is 4.38. The first-order chi connectivity index (χ1) is 6.15. The van der Waals surface area contributed by atoms with Crippen LogP contribution < -0.4 is 0 Å². The average Bonchev–Trinajstić information content (AvgIpc) is 2.80. The molecule has 13 heavy (non-hydrogen) atoms. The predicted molar refractivity (Wildman–Crippen MR) is 54.3 cm³/mol. The van der Waals surface area contributed by atoms with Gasteiger partial charge in [0.15, 0.2) is 0 Å². The molecule has 0 aliphatic heterocycles. The Labute approximate surface area is 81.5 Å². The van der Waals surface area contributed by atoms with Crippen LogP contribution >= 0.6 is 0 Å². The molecule has 1 N–H and O–H groups in total. The van der Waals surface area contributed by atoms with Crippen LogP contribution in [0.1, 0.15) is 40.0 Å². The molecule has 0 aromatic rings. The Morgan fingerprint density at radius 1 is 1.31 bits per heavy atom. The second kappa shape index (κ2) is 3.27. The Morgan fingerprint density at radius 3 is 2.38 bits per heavy atom. The van der Waals surface area contributed by atoms with Gasteiger partial charge in [0.05, 0.1) is 6.10 Å². The van der Waals surface area contributed by atoms with Crippen molar-refractivity contribution in [1.82, 2.24) is 0 Å². The van der Waals surface area contributed by atoms with E-state index < -0.39 is 0 Å². The van der Waals surface area contributed by atoms with Gasteiger partial charge in [-0.3, -0.25) is 0 Å². The van der Waals surface area contributed by atoms with Gasteiger partial charge < -0.3 is 5.11 Å². The van der Waals surface area contributed by atoms with Gasteiger partial charge in [0.1, 0.15) is 0 Å². The smallest absolute Gasteiger partial charge is 0.0543 e. The molecule has 2 aliphatic rings. The van der Waals surface area contributed by atoms with E-state index in [9.17, 15) is 5.11 Å². The van der Waals surface area contributed by atoms with Crippen molar-refractivity contribution in [1.29, 1.82) is 0 Å². The minimum atomic E-state index is -0.0786. The monoisotopic (exact) mass is 182 g/mol. The quantitative estimate of drug-likeness (QED) is 0.711. The summed E-state index contributed by atoms with van der Waals surface area (Å²) in [7, 11) is 0. The van der Waals surface area contributed by atoms with Gasteiger partial charge in [0, 0.05) is 0 Å². The number of hydrogen-bond acceptors (Lipinski definition) is 1. The Kier molecular flexibility index (Phi) is 2.39. The highest BCUT2D eigenvalue weighted by Gasteiger charge is 2.51. The zero-order valence-electron chi connectivity index (χ0n) is 9.03. The van der Waals surface area contributed by atoms with Crippen LogP contribution in [0.4, 0.5) is 0 Å². The maximum Gasteiger partial charge on any atom is 0.0543 e. The molecule has 6 atom stereocenters. The van der Waals surface area contributed by atoms with Gasteiger partial charge in [0.2, 0.25) is 0 Å². The first-order valence-corrected chi connectivity index (χ1v) is 5.83. The second-order valence-corrected chi connectivity index (χ2v) is 5.23. The summed E-state index contributed by atoms with van der Waals surface area (Å²) in [5.41, 5.74) is 0. The van der Waals surface area contributed by atoms with Gasteiger partial charge >= 0.3 is 0 Å². The van der Waals surface area contributed by atoms with Gasteiger partial charge in [-0.2, -0.15) is 0 Å². The first kappa shape index (κ1) is 9.51. The lowest BCUT2D eigenvalue weighted by Gasteiger charge is -2.45. The van der Waals surface area contributed by atoms with Crippen molar-refractivity contribution >= 4 is 0 Å². The number of aliphatic hydroxyl groups excluding tert-OH is 1. The third-order valence-electron chi connectivity index (χ3n) is 4.57. The fourth-order valence-corrected chi connectivity index (χ4v) is 3.33. The molecule has 76 valence electrons. The molecule has 3 unspecified atom stereocenters. The SMILES string of the molecule is CC[C@H]1CC1[C@H]1CC(C(C)O)[C@H]1C. The summed E-state index contributed by atoms with van der Waals surface area (Å²) >= 11 is 0. The maximum absolute atomic E-state index is 9.49. The number of aliphatic hydroxyl groups is 1. The lowest BCUT2D eigenvalue weighted by molar-refractivity contribution is -0.0273. The lowest BCUT2D eigenvalue weighted by Crippen LogP contribution is -2.42. The van der Waals surface area contributed by atoms with Gasteiger partial charge in [-0.15, -0.1) is 0 Å². The van der Waals surface area contributed by atoms with Gasteiger partial charge in [-0.1, -0.05) is 20.3 Å². The van der Waals surface area contributed by atoms with Crippen molar-refractivity contribution in [2.75, 3.05) is 0 Å². The number of hydrogen-bond donors (Lipinski definition) is 1. The van der Waals surface area contributed by atoms with Gasteiger partial charge in [0.25, 0.3) is 0 Å². The molecular weight excluding hydrogens is 160 g/mol. The van der Waals surface area contributed by atoms with Crippen molar-refractivity contribution in [3.8, 4) is 0 Å². The Morgan fingerprint density at radius 2 is 2.00 bits per heavy atom. The van der Waals surface area contributed by atoms with E-state index in [4.69, 9.17) is 0 Å². The van der Waals surface area contributed by atoms with E-state index in [0.717, 1.165) is 23.7 Å². The summed E-state index contributed by atoms with van der Waals surface area (Å²) in [4.78, 5) is 0. The average molecular weight is 182 g/mol. The van der Waals surface area contributed by atoms with E-state index in [2.05, 4.69) is 13.8 Å². The Hall–Kier alpha value is -0.0400. The summed E-state index contributed by atoms with van der Waals surface area (Å²) in [5, 5.41) is 9.49. The zero-order chi connectivity index (χ0) is 9.59. The highest BCUT2D eigenvalue weighted by molar-refractivity contribution is 5.00. The van der Waals surface area contributed by atoms with Crippen LogP contribution in [0, 0.1) is 29.6 Å². The lowest BCUT2D eigenvalue weighted by atomic mass is 9.61. The van der Waals surface area contributed by atoms with Crippen LogP contribution in [0.25, 0.3) is 0 Å². The molecule has 0 saturated heterocycles. The molecule has 0 aromatic carbocycles. The highest BCUT2D eigenvalue weighted by Crippen LogP contribution is 2.57. The molecule has 0 heterocycles. The largest absolute Gasteiger partial charge is 0.393 e. The van der Waals surface area contributed by atoms with Crippen LogP contribution in [-0.2, 0) is 0 Å². The summed E-state index contributed by atoms with van der Waals surface area (Å²) in [6, 6.07) is 0. The van der Waals surface area contributed by atoms with E-state index in [-0.39, 0.29) is 6.10 Å². The van der Waals surface area contributed by atoms with Gasteiger partial charge in [-0.25, -0.2) is 0 Å². The van der Waals surface area contributed by atoms with E-state index in [1.165, 1.54) is 19.3 Å². The normalized spacial score (nSPS) is 51.2. The third kappa shape index (κ3) is 1.52. The minimum absolute atomic E-state index is 0.0786. The summed E-state index contributed by atoms with van der Waals surface area (Å²) < 4.78 is 0. The number of rotatable bonds is 3. The molecular formula is C12H22O. The Bertz CT molecular complexity index is 188. The highest BCUT2D eigenvalue weighted by atomic mass is 16.3. The van der Waals surface area contributed by atoms with Crippen molar-refractivity contribution in [3.05, 3.63) is 0 Å². The zero-order valence-corrected chi connectivity index (χ0v) is 9.03. The van der Waals surface area contributed by atoms with E-state index in [1.54, 1.807) is 0 Å². The molecule has 1 heteroatoms. The molecule has 2 aliphatic carbocycles. The van der Waals surface area contributed by atoms with Crippen LogP contribution in [0.5, 0.6) is 0 Å². The van der Waals surface area contributed by atoms with Crippen molar-refractivity contribution in [3.63, 3.8) is 0 Å². The standard InChI is InChI=1S/C12H22O/c1-4-9-5-12(9)11-6-10(7(11)2)8(3)13/h7-13H,4-6H2,1-3H3/t7-,8?,9+,10?,11+,12?/m1/s1. The molecule has 0 bridgehead atoms. The second-order valence-electron chi connectivity index (χ2n) is 5.23. The van der Waals surface area contributed by atoms with Crippen LogP contribution in [0.15, 0.2) is 0 Å². The van der Waals surface area contributed by atoms with E-state index >= 15 is 0 Å².